The monoisotopic (exact) mass is 301 g/mol. The minimum absolute atomic E-state index is 0.230. The number of nitrogens with one attached hydrogen (secondary N) is 1. The van der Waals surface area contributed by atoms with E-state index < -0.39 is 10.5 Å². The number of hydrogen-bond donors (Lipinski definition) is 1. The molecule has 1 aromatic carbocycles. The first-order valence-electron chi connectivity index (χ1n) is 6.63. The Bertz CT molecular complexity index is 767. The normalized spacial score (nSPS) is 10.2. The second-order valence-corrected chi connectivity index (χ2v) is 4.81. The van der Waals surface area contributed by atoms with Crippen LogP contribution in [0.25, 0.3) is 0 Å². The molecule has 0 aliphatic carbocycles. The van der Waals surface area contributed by atoms with Gasteiger partial charge in [-0.25, -0.2) is 0 Å². The highest BCUT2D eigenvalue weighted by molar-refractivity contribution is 5.75. The molecule has 0 aliphatic rings. The number of carbonyl (C=O) groups is 1. The van der Waals surface area contributed by atoms with Gasteiger partial charge in [0.1, 0.15) is 6.54 Å². The number of amides is 1. The number of nitro groups is 1. The van der Waals surface area contributed by atoms with Crippen molar-refractivity contribution in [2.75, 3.05) is 0 Å². The molecule has 7 heteroatoms. The fourth-order valence-electron chi connectivity index (χ4n) is 1.96. The molecule has 0 bridgehead atoms. The quantitative estimate of drug-likeness (QED) is 0.667. The number of rotatable bonds is 5. The summed E-state index contributed by atoms with van der Waals surface area (Å²) in [5.74, 6) is -0.383. The number of hydrogen-bond acceptors (Lipinski definition) is 4. The fourth-order valence-corrected chi connectivity index (χ4v) is 1.96. The van der Waals surface area contributed by atoms with Crippen molar-refractivity contribution in [3.8, 4) is 0 Å². The van der Waals surface area contributed by atoms with Gasteiger partial charge < -0.3 is 5.32 Å². The second kappa shape index (κ2) is 6.66. The number of carbonyl (C=O) groups excluding carboxylic acids is 1. The molecular formula is C15H15N3O4. The number of aromatic nitrogens is 1. The molecule has 0 atom stereocenters. The summed E-state index contributed by atoms with van der Waals surface area (Å²) >= 11 is 0. The van der Waals surface area contributed by atoms with Crippen LogP contribution in [0.5, 0.6) is 0 Å². The minimum atomic E-state index is -0.610. The van der Waals surface area contributed by atoms with E-state index in [1.807, 2.05) is 31.2 Å². The molecule has 7 nitrogen and oxygen atoms in total. The zero-order valence-corrected chi connectivity index (χ0v) is 12.0. The second-order valence-electron chi connectivity index (χ2n) is 4.81. The molecule has 1 amide bonds. The van der Waals surface area contributed by atoms with Crippen LogP contribution in [0.4, 0.5) is 5.69 Å². The van der Waals surface area contributed by atoms with Crippen molar-refractivity contribution in [2.45, 2.75) is 20.0 Å². The van der Waals surface area contributed by atoms with Crippen molar-refractivity contribution in [1.29, 1.82) is 0 Å². The summed E-state index contributed by atoms with van der Waals surface area (Å²) in [6, 6.07) is 9.81. The van der Waals surface area contributed by atoms with E-state index >= 15 is 0 Å². The van der Waals surface area contributed by atoms with Crippen molar-refractivity contribution < 1.29 is 9.72 Å². The van der Waals surface area contributed by atoms with Gasteiger partial charge in [-0.05, 0) is 18.1 Å². The number of pyridine rings is 1. The van der Waals surface area contributed by atoms with Gasteiger partial charge in [-0.15, -0.1) is 0 Å². The molecule has 0 aliphatic heterocycles. The van der Waals surface area contributed by atoms with Crippen LogP contribution in [-0.4, -0.2) is 15.4 Å². The summed E-state index contributed by atoms with van der Waals surface area (Å²) in [6.07, 6.45) is 1.07. The summed E-state index contributed by atoms with van der Waals surface area (Å²) in [5.41, 5.74) is 1.33. The summed E-state index contributed by atoms with van der Waals surface area (Å²) in [4.78, 5) is 33.6. The van der Waals surface area contributed by atoms with E-state index in [4.69, 9.17) is 0 Å². The van der Waals surface area contributed by atoms with Crippen molar-refractivity contribution in [2.24, 2.45) is 0 Å². The predicted molar refractivity (Wildman–Crippen MR) is 80.4 cm³/mol. The molecule has 114 valence electrons. The van der Waals surface area contributed by atoms with Crippen LogP contribution in [0.2, 0.25) is 0 Å². The van der Waals surface area contributed by atoms with Crippen LogP contribution in [0.3, 0.4) is 0 Å². The highest BCUT2D eigenvalue weighted by atomic mass is 16.6. The molecule has 0 radical (unpaired) electrons. The van der Waals surface area contributed by atoms with Gasteiger partial charge in [0.25, 0.3) is 11.2 Å². The van der Waals surface area contributed by atoms with E-state index in [0.717, 1.165) is 34.0 Å². The van der Waals surface area contributed by atoms with Crippen LogP contribution < -0.4 is 10.9 Å². The summed E-state index contributed by atoms with van der Waals surface area (Å²) in [6.45, 7) is 2.02. The number of benzene rings is 1. The van der Waals surface area contributed by atoms with Crippen molar-refractivity contribution in [3.05, 3.63) is 74.2 Å². The van der Waals surface area contributed by atoms with E-state index in [1.165, 1.54) is 0 Å². The lowest BCUT2D eigenvalue weighted by Crippen LogP contribution is -2.31. The number of nitrogens with zero attached hydrogens (tertiary/aromatic N) is 2. The first kappa shape index (κ1) is 15.4. The molecule has 1 N–H and O–H groups in total. The highest BCUT2D eigenvalue weighted by Gasteiger charge is 2.10. The van der Waals surface area contributed by atoms with Gasteiger partial charge >= 0.3 is 0 Å². The first-order valence-corrected chi connectivity index (χ1v) is 6.63. The number of aryl methyl sites for hydroxylation is 1. The lowest BCUT2D eigenvalue weighted by Gasteiger charge is -2.09. The van der Waals surface area contributed by atoms with Gasteiger partial charge in [0.05, 0.1) is 11.1 Å². The van der Waals surface area contributed by atoms with Crippen molar-refractivity contribution in [3.63, 3.8) is 0 Å². The van der Waals surface area contributed by atoms with Gasteiger partial charge in [0, 0.05) is 18.7 Å². The molecule has 1 aromatic heterocycles. The van der Waals surface area contributed by atoms with Crippen LogP contribution in [0.15, 0.2) is 47.4 Å². The minimum Gasteiger partial charge on any atom is -0.350 e. The highest BCUT2D eigenvalue weighted by Crippen LogP contribution is 2.07. The van der Waals surface area contributed by atoms with Crippen LogP contribution in [0, 0.1) is 17.0 Å². The molecule has 0 fully saturated rings. The largest absolute Gasteiger partial charge is 0.350 e. The van der Waals surface area contributed by atoms with Crippen molar-refractivity contribution in [1.82, 2.24) is 9.88 Å². The van der Waals surface area contributed by atoms with E-state index in [1.54, 1.807) is 0 Å². The van der Waals surface area contributed by atoms with Crippen molar-refractivity contribution >= 4 is 11.6 Å². The summed E-state index contributed by atoms with van der Waals surface area (Å²) < 4.78 is 1.02. The van der Waals surface area contributed by atoms with Gasteiger partial charge in [-0.2, -0.15) is 0 Å². The topological polar surface area (TPSA) is 94.2 Å². The Morgan fingerprint density at radius 1 is 1.27 bits per heavy atom. The SMILES string of the molecule is Cc1ccccc1CNC(=O)Cn1cc([N+](=O)[O-])ccc1=O. The Kier molecular flexibility index (Phi) is 4.67. The summed E-state index contributed by atoms with van der Waals surface area (Å²) in [7, 11) is 0. The maximum Gasteiger partial charge on any atom is 0.285 e. The Hall–Kier alpha value is -2.96. The fraction of sp³-hybridized carbons (Fsp3) is 0.200. The van der Waals surface area contributed by atoms with E-state index in [9.17, 15) is 19.7 Å². The van der Waals surface area contributed by atoms with Gasteiger partial charge in [0.2, 0.25) is 5.91 Å². The average Bonchev–Trinajstić information content (AvgIpc) is 2.48. The zero-order chi connectivity index (χ0) is 16.1. The zero-order valence-electron chi connectivity index (χ0n) is 12.0. The Morgan fingerprint density at radius 2 is 2.00 bits per heavy atom. The Morgan fingerprint density at radius 3 is 2.68 bits per heavy atom. The maximum absolute atomic E-state index is 11.9. The van der Waals surface area contributed by atoms with Crippen LogP contribution >= 0.6 is 0 Å². The third-order valence-corrected chi connectivity index (χ3v) is 3.23. The molecule has 22 heavy (non-hydrogen) atoms. The van der Waals surface area contributed by atoms with E-state index in [0.29, 0.717) is 6.54 Å². The molecule has 0 spiro atoms. The predicted octanol–water partition coefficient (Wildman–Crippen LogP) is 1.38. The van der Waals surface area contributed by atoms with E-state index in [-0.39, 0.29) is 18.1 Å². The standard InChI is InChI=1S/C15H15N3O4/c1-11-4-2-3-5-12(11)8-16-14(19)10-17-9-13(18(21)22)6-7-15(17)20/h2-7,9H,8,10H2,1H3,(H,16,19). The maximum atomic E-state index is 11.9. The molecule has 2 aromatic rings. The third kappa shape index (κ3) is 3.78. The smallest absolute Gasteiger partial charge is 0.285 e. The van der Waals surface area contributed by atoms with Crippen LogP contribution in [0.1, 0.15) is 11.1 Å². The average molecular weight is 301 g/mol. The van der Waals surface area contributed by atoms with E-state index in [2.05, 4.69) is 5.32 Å². The lowest BCUT2D eigenvalue weighted by molar-refractivity contribution is -0.385. The molecule has 0 saturated heterocycles. The van der Waals surface area contributed by atoms with Crippen LogP contribution in [-0.2, 0) is 17.9 Å². The Balaban J connectivity index is 2.03. The molecule has 1 heterocycles. The molecule has 0 unspecified atom stereocenters. The Labute approximate surface area is 126 Å². The first-order chi connectivity index (χ1) is 10.5. The summed E-state index contributed by atoms with van der Waals surface area (Å²) in [5, 5.41) is 13.4. The van der Waals surface area contributed by atoms with Gasteiger partial charge in [-0.3, -0.25) is 24.3 Å². The lowest BCUT2D eigenvalue weighted by atomic mass is 10.1. The van der Waals surface area contributed by atoms with Gasteiger partial charge in [-0.1, -0.05) is 24.3 Å². The molecule has 2 rings (SSSR count). The molecular weight excluding hydrogens is 286 g/mol. The van der Waals surface area contributed by atoms with Gasteiger partial charge in [0.15, 0.2) is 0 Å². The molecule has 0 saturated carbocycles. The third-order valence-electron chi connectivity index (χ3n) is 3.23.